The number of nitriles is 1. The highest BCUT2D eigenvalue weighted by Gasteiger charge is 2.24. The number of ether oxygens (including phenoxy) is 2. The van der Waals surface area contributed by atoms with E-state index in [9.17, 15) is 4.79 Å². The van der Waals surface area contributed by atoms with Crippen molar-refractivity contribution in [3.63, 3.8) is 0 Å². The lowest BCUT2D eigenvalue weighted by Gasteiger charge is -2.20. The van der Waals surface area contributed by atoms with Crippen molar-refractivity contribution in [2.24, 2.45) is 5.92 Å². The van der Waals surface area contributed by atoms with Crippen LogP contribution < -0.4 is 14.8 Å². The van der Waals surface area contributed by atoms with Gasteiger partial charge < -0.3 is 19.7 Å². The van der Waals surface area contributed by atoms with Gasteiger partial charge in [0.05, 0.1) is 22.7 Å². The Labute approximate surface area is 163 Å². The summed E-state index contributed by atoms with van der Waals surface area (Å²) in [7, 11) is 0. The molecule has 1 aromatic carbocycles. The minimum atomic E-state index is -0.160. The lowest BCUT2D eigenvalue weighted by Crippen LogP contribution is -2.35. The Morgan fingerprint density at radius 3 is 2.85 bits per heavy atom. The van der Waals surface area contributed by atoms with Crippen LogP contribution in [0.15, 0.2) is 16.6 Å². The number of hydrogen-bond acceptors (Lipinski definition) is 5. The van der Waals surface area contributed by atoms with Crippen molar-refractivity contribution < 1.29 is 14.3 Å². The standard InChI is InChI=1S/C19H26BrN3O3/c1-4-25-17-8-15(9-21)7-16(20)19(17)26-12-18(24)22-10-14-5-6-23(11-14)13(2)3/h7-8,13-14H,4-6,10-12H2,1-3H3,(H,22,24). The Morgan fingerprint density at radius 1 is 1.46 bits per heavy atom. The molecule has 1 saturated heterocycles. The van der Waals surface area contributed by atoms with E-state index in [1.807, 2.05) is 6.92 Å². The van der Waals surface area contributed by atoms with Gasteiger partial charge in [0.25, 0.3) is 5.91 Å². The van der Waals surface area contributed by atoms with Gasteiger partial charge in [-0.15, -0.1) is 0 Å². The number of nitrogens with zero attached hydrogens (tertiary/aromatic N) is 2. The molecule has 1 atom stereocenters. The zero-order chi connectivity index (χ0) is 19.1. The van der Waals surface area contributed by atoms with E-state index in [4.69, 9.17) is 14.7 Å². The van der Waals surface area contributed by atoms with Crippen LogP contribution in [0, 0.1) is 17.2 Å². The average Bonchev–Trinajstić information content (AvgIpc) is 3.08. The highest BCUT2D eigenvalue weighted by Crippen LogP contribution is 2.36. The summed E-state index contributed by atoms with van der Waals surface area (Å²) in [4.78, 5) is 14.6. The van der Waals surface area contributed by atoms with Gasteiger partial charge in [0.2, 0.25) is 0 Å². The van der Waals surface area contributed by atoms with Gasteiger partial charge in [-0.25, -0.2) is 0 Å². The van der Waals surface area contributed by atoms with Crippen LogP contribution in [0.5, 0.6) is 11.5 Å². The molecule has 7 heteroatoms. The van der Waals surface area contributed by atoms with E-state index in [0.717, 1.165) is 19.5 Å². The molecule has 26 heavy (non-hydrogen) atoms. The van der Waals surface area contributed by atoms with Gasteiger partial charge in [-0.3, -0.25) is 4.79 Å². The molecule has 2 rings (SSSR count). The second-order valence-electron chi connectivity index (χ2n) is 6.67. The van der Waals surface area contributed by atoms with Crippen molar-refractivity contribution >= 4 is 21.8 Å². The Kier molecular flexibility index (Phi) is 7.73. The molecule has 1 fully saturated rings. The molecule has 0 spiro atoms. The van der Waals surface area contributed by atoms with Gasteiger partial charge in [-0.1, -0.05) is 0 Å². The van der Waals surface area contributed by atoms with Gasteiger partial charge in [-0.05, 0) is 61.7 Å². The van der Waals surface area contributed by atoms with Crippen molar-refractivity contribution in [2.45, 2.75) is 33.2 Å². The highest BCUT2D eigenvalue weighted by atomic mass is 79.9. The molecule has 142 valence electrons. The van der Waals surface area contributed by atoms with E-state index in [1.165, 1.54) is 0 Å². The van der Waals surface area contributed by atoms with Crippen LogP contribution in [0.3, 0.4) is 0 Å². The molecule has 6 nitrogen and oxygen atoms in total. The molecule has 1 unspecified atom stereocenters. The predicted octanol–water partition coefficient (Wildman–Crippen LogP) is 2.94. The zero-order valence-electron chi connectivity index (χ0n) is 15.5. The number of rotatable bonds is 8. The summed E-state index contributed by atoms with van der Waals surface area (Å²) in [6.45, 7) is 9.37. The van der Waals surface area contributed by atoms with Crippen molar-refractivity contribution in [1.82, 2.24) is 10.2 Å². The highest BCUT2D eigenvalue weighted by molar-refractivity contribution is 9.10. The Hall–Kier alpha value is -1.78. The fraction of sp³-hybridized carbons (Fsp3) is 0.579. The lowest BCUT2D eigenvalue weighted by atomic mass is 10.1. The van der Waals surface area contributed by atoms with Crippen LogP contribution in [0.4, 0.5) is 0 Å². The molecule has 0 radical (unpaired) electrons. The SMILES string of the molecule is CCOc1cc(C#N)cc(Br)c1OCC(=O)NCC1CCN(C(C)C)C1. The molecule has 1 N–H and O–H groups in total. The molecule has 1 aromatic rings. The summed E-state index contributed by atoms with van der Waals surface area (Å²) in [5.74, 6) is 1.22. The number of hydrogen-bond donors (Lipinski definition) is 1. The monoisotopic (exact) mass is 423 g/mol. The number of nitrogens with one attached hydrogen (secondary N) is 1. The van der Waals surface area contributed by atoms with Crippen molar-refractivity contribution in [2.75, 3.05) is 32.8 Å². The van der Waals surface area contributed by atoms with Crippen LogP contribution in [0.25, 0.3) is 0 Å². The molecular weight excluding hydrogens is 398 g/mol. The van der Waals surface area contributed by atoms with Gasteiger partial charge >= 0.3 is 0 Å². The Balaban J connectivity index is 1.86. The number of likely N-dealkylation sites (tertiary alicyclic amines) is 1. The maximum Gasteiger partial charge on any atom is 0.257 e. The van der Waals surface area contributed by atoms with Crippen molar-refractivity contribution in [1.29, 1.82) is 5.26 Å². The Bertz CT molecular complexity index is 673. The van der Waals surface area contributed by atoms with Gasteiger partial charge in [-0.2, -0.15) is 5.26 Å². The quantitative estimate of drug-likeness (QED) is 0.695. The molecule has 1 heterocycles. The lowest BCUT2D eigenvalue weighted by molar-refractivity contribution is -0.123. The number of amides is 1. The van der Waals surface area contributed by atoms with Gasteiger partial charge in [0.15, 0.2) is 18.1 Å². The van der Waals surface area contributed by atoms with Gasteiger partial charge in [0, 0.05) is 25.2 Å². The third kappa shape index (κ3) is 5.61. The minimum absolute atomic E-state index is 0.0921. The molecule has 0 bridgehead atoms. The van der Waals surface area contributed by atoms with Crippen LogP contribution in [-0.2, 0) is 4.79 Å². The molecule has 0 aromatic heterocycles. The summed E-state index contributed by atoms with van der Waals surface area (Å²) in [6.07, 6.45) is 1.11. The number of carbonyl (C=O) groups excluding carboxylic acids is 1. The summed E-state index contributed by atoms with van der Waals surface area (Å²) < 4.78 is 11.8. The molecule has 0 saturated carbocycles. The topological polar surface area (TPSA) is 74.6 Å². The number of carbonyl (C=O) groups is 1. The van der Waals surface area contributed by atoms with Crippen LogP contribution in [0.2, 0.25) is 0 Å². The van der Waals surface area contributed by atoms with E-state index in [-0.39, 0.29) is 12.5 Å². The van der Waals surface area contributed by atoms with Crippen LogP contribution in [-0.4, -0.2) is 49.7 Å². The minimum Gasteiger partial charge on any atom is -0.490 e. The zero-order valence-corrected chi connectivity index (χ0v) is 17.1. The van der Waals surface area contributed by atoms with E-state index < -0.39 is 0 Å². The molecular formula is C19H26BrN3O3. The molecule has 0 aliphatic carbocycles. The first-order chi connectivity index (χ1) is 12.4. The fourth-order valence-electron chi connectivity index (χ4n) is 2.98. The largest absolute Gasteiger partial charge is 0.490 e. The maximum atomic E-state index is 12.1. The van der Waals surface area contributed by atoms with Crippen molar-refractivity contribution in [3.05, 3.63) is 22.2 Å². The number of halogens is 1. The van der Waals surface area contributed by atoms with Crippen molar-refractivity contribution in [3.8, 4) is 17.6 Å². The van der Waals surface area contributed by atoms with Crippen LogP contribution in [0.1, 0.15) is 32.8 Å². The first-order valence-electron chi connectivity index (χ1n) is 8.94. The third-order valence-electron chi connectivity index (χ3n) is 4.42. The van der Waals surface area contributed by atoms with Crippen LogP contribution >= 0.6 is 15.9 Å². The molecule has 1 amide bonds. The molecule has 1 aliphatic heterocycles. The van der Waals surface area contributed by atoms with E-state index in [2.05, 4.69) is 46.1 Å². The predicted molar refractivity (Wildman–Crippen MR) is 103 cm³/mol. The maximum absolute atomic E-state index is 12.1. The second-order valence-corrected chi connectivity index (χ2v) is 7.52. The smallest absolute Gasteiger partial charge is 0.257 e. The van der Waals surface area contributed by atoms with Gasteiger partial charge in [0.1, 0.15) is 0 Å². The normalized spacial score (nSPS) is 17.2. The fourth-order valence-corrected chi connectivity index (χ4v) is 3.54. The first kappa shape index (κ1) is 20.5. The summed E-state index contributed by atoms with van der Waals surface area (Å²) in [5.41, 5.74) is 0.466. The summed E-state index contributed by atoms with van der Waals surface area (Å²) in [6, 6.07) is 5.88. The Morgan fingerprint density at radius 2 is 2.23 bits per heavy atom. The first-order valence-corrected chi connectivity index (χ1v) is 9.73. The number of benzene rings is 1. The third-order valence-corrected chi connectivity index (χ3v) is 5.01. The van der Waals surface area contributed by atoms with E-state index >= 15 is 0 Å². The molecule has 1 aliphatic rings. The van der Waals surface area contributed by atoms with E-state index in [0.29, 0.717) is 46.6 Å². The summed E-state index contributed by atoms with van der Waals surface area (Å²) >= 11 is 3.38. The summed E-state index contributed by atoms with van der Waals surface area (Å²) in [5, 5.41) is 12.0. The van der Waals surface area contributed by atoms with E-state index in [1.54, 1.807) is 12.1 Å². The second kappa shape index (κ2) is 9.79. The average molecular weight is 424 g/mol.